The molecular weight excluding hydrogens is 278 g/mol. The summed E-state index contributed by atoms with van der Waals surface area (Å²) in [5.41, 5.74) is 6.83. The number of aromatic nitrogens is 2. The molecule has 2 aromatic heterocycles. The predicted molar refractivity (Wildman–Crippen MR) is 77.5 cm³/mol. The Morgan fingerprint density at radius 1 is 1.40 bits per heavy atom. The first-order chi connectivity index (χ1) is 9.54. The maximum atomic E-state index is 12.3. The van der Waals surface area contributed by atoms with Crippen LogP contribution >= 0.6 is 11.3 Å². The van der Waals surface area contributed by atoms with Crippen molar-refractivity contribution in [3.05, 3.63) is 17.3 Å². The Hall–Kier alpha value is -2.22. The Balaban J connectivity index is 2.18. The number of hydrogen-bond acceptors (Lipinski definition) is 6. The van der Waals surface area contributed by atoms with E-state index in [1.54, 1.807) is 20.3 Å². The molecule has 8 heteroatoms. The number of nitrogen functional groups attached to an aromatic ring is 1. The molecule has 0 spiro atoms. The van der Waals surface area contributed by atoms with Crippen molar-refractivity contribution in [3.8, 4) is 0 Å². The van der Waals surface area contributed by atoms with Gasteiger partial charge in [0.1, 0.15) is 15.2 Å². The zero-order valence-corrected chi connectivity index (χ0v) is 12.0. The van der Waals surface area contributed by atoms with Crippen LogP contribution in [0.2, 0.25) is 0 Å². The Kier molecular flexibility index (Phi) is 4.14. The van der Waals surface area contributed by atoms with E-state index in [4.69, 9.17) is 5.73 Å². The van der Waals surface area contributed by atoms with Gasteiger partial charge in [0.2, 0.25) is 5.91 Å². The van der Waals surface area contributed by atoms with Crippen LogP contribution in [-0.4, -0.2) is 47.3 Å². The van der Waals surface area contributed by atoms with E-state index in [0.29, 0.717) is 27.5 Å². The number of anilines is 1. The molecule has 0 saturated carbocycles. The summed E-state index contributed by atoms with van der Waals surface area (Å²) in [4.78, 5) is 34.3. The number of nitrogens with one attached hydrogen (secondary N) is 1. The highest BCUT2D eigenvalue weighted by Gasteiger charge is 2.21. The molecule has 2 heterocycles. The zero-order valence-electron chi connectivity index (χ0n) is 11.2. The van der Waals surface area contributed by atoms with Crippen LogP contribution in [0, 0.1) is 0 Å². The molecule has 0 saturated heterocycles. The quantitative estimate of drug-likeness (QED) is 0.854. The van der Waals surface area contributed by atoms with Gasteiger partial charge < -0.3 is 16.0 Å². The molecule has 3 N–H and O–H groups in total. The van der Waals surface area contributed by atoms with Crippen LogP contribution in [-0.2, 0) is 4.79 Å². The van der Waals surface area contributed by atoms with E-state index in [2.05, 4.69) is 15.3 Å². The number of nitrogens with zero attached hydrogens (tertiary/aromatic N) is 3. The number of amides is 2. The summed E-state index contributed by atoms with van der Waals surface area (Å²) in [6.45, 7) is 0.326. The van der Waals surface area contributed by atoms with Gasteiger partial charge >= 0.3 is 0 Å². The zero-order chi connectivity index (χ0) is 14.7. The number of hydrogen-bond donors (Lipinski definition) is 2. The minimum Gasteiger partial charge on any atom is -0.396 e. The van der Waals surface area contributed by atoms with E-state index in [1.165, 1.54) is 22.4 Å². The number of carbonyl (C=O) groups is 2. The molecular formula is C12H15N5O2S. The molecule has 2 amide bonds. The number of fused-ring (bicyclic) bond motifs is 1. The monoisotopic (exact) mass is 293 g/mol. The number of thiophene rings is 1. The molecule has 0 aliphatic carbocycles. The third-order valence-electron chi connectivity index (χ3n) is 2.86. The van der Waals surface area contributed by atoms with E-state index in [1.807, 2.05) is 0 Å². The van der Waals surface area contributed by atoms with Gasteiger partial charge in [0, 0.05) is 39.5 Å². The molecule has 0 atom stereocenters. The first-order valence-corrected chi connectivity index (χ1v) is 6.81. The average Bonchev–Trinajstić information content (AvgIpc) is 2.81. The fourth-order valence-corrected chi connectivity index (χ4v) is 2.69. The summed E-state index contributed by atoms with van der Waals surface area (Å²) in [7, 11) is 3.20. The van der Waals surface area contributed by atoms with E-state index < -0.39 is 0 Å². The summed E-state index contributed by atoms with van der Waals surface area (Å²) in [6.07, 6.45) is 3.34. The van der Waals surface area contributed by atoms with Gasteiger partial charge in [-0.2, -0.15) is 0 Å². The molecule has 0 unspecified atom stereocenters. The lowest BCUT2D eigenvalue weighted by Gasteiger charge is -2.15. The van der Waals surface area contributed by atoms with Crippen molar-refractivity contribution in [3.63, 3.8) is 0 Å². The Labute approximate surface area is 119 Å². The number of nitrogens with two attached hydrogens (primary N) is 1. The SMILES string of the molecule is CNC(=O)CCN(C)C(=O)c1sc2nccnc2c1N. The van der Waals surface area contributed by atoms with Crippen LogP contribution < -0.4 is 11.1 Å². The minimum atomic E-state index is -0.226. The van der Waals surface area contributed by atoms with E-state index in [0.717, 1.165) is 0 Å². The van der Waals surface area contributed by atoms with Crippen molar-refractivity contribution in [1.29, 1.82) is 0 Å². The predicted octanol–water partition coefficient (Wildman–Crippen LogP) is 0.482. The van der Waals surface area contributed by atoms with E-state index in [-0.39, 0.29) is 18.2 Å². The van der Waals surface area contributed by atoms with Crippen molar-refractivity contribution >= 4 is 39.2 Å². The van der Waals surface area contributed by atoms with Gasteiger partial charge in [-0.05, 0) is 0 Å². The molecule has 0 radical (unpaired) electrons. The molecule has 7 nitrogen and oxygen atoms in total. The third-order valence-corrected chi connectivity index (χ3v) is 3.95. The highest BCUT2D eigenvalue weighted by atomic mass is 32.1. The van der Waals surface area contributed by atoms with Gasteiger partial charge in [0.05, 0.1) is 5.69 Å². The molecule has 106 valence electrons. The molecule has 0 fully saturated rings. The van der Waals surface area contributed by atoms with Gasteiger partial charge in [-0.25, -0.2) is 9.97 Å². The second kappa shape index (κ2) is 5.83. The fourth-order valence-electron chi connectivity index (χ4n) is 1.67. The molecule has 20 heavy (non-hydrogen) atoms. The molecule has 0 aliphatic rings. The molecule has 2 rings (SSSR count). The minimum absolute atomic E-state index is 0.114. The van der Waals surface area contributed by atoms with Gasteiger partial charge in [0.25, 0.3) is 5.91 Å². The first kappa shape index (κ1) is 14.2. The lowest BCUT2D eigenvalue weighted by molar-refractivity contribution is -0.120. The third kappa shape index (κ3) is 2.69. The molecule has 0 bridgehead atoms. The summed E-state index contributed by atoms with van der Waals surface area (Å²) in [5.74, 6) is -0.339. The topological polar surface area (TPSA) is 101 Å². The van der Waals surface area contributed by atoms with Crippen molar-refractivity contribution in [2.24, 2.45) is 0 Å². The van der Waals surface area contributed by atoms with E-state index in [9.17, 15) is 9.59 Å². The molecule has 0 aliphatic heterocycles. The maximum absolute atomic E-state index is 12.3. The van der Waals surface area contributed by atoms with Crippen LogP contribution in [0.4, 0.5) is 5.69 Å². The lowest BCUT2D eigenvalue weighted by atomic mass is 10.3. The maximum Gasteiger partial charge on any atom is 0.265 e. The van der Waals surface area contributed by atoms with Crippen LogP contribution in [0.25, 0.3) is 10.3 Å². The fraction of sp³-hybridized carbons (Fsp3) is 0.333. The molecule has 0 aromatic carbocycles. The van der Waals surface area contributed by atoms with Crippen LogP contribution in [0.5, 0.6) is 0 Å². The normalized spacial score (nSPS) is 10.5. The lowest BCUT2D eigenvalue weighted by Crippen LogP contribution is -2.31. The summed E-state index contributed by atoms with van der Waals surface area (Å²) in [5, 5.41) is 2.51. The largest absolute Gasteiger partial charge is 0.396 e. The smallest absolute Gasteiger partial charge is 0.265 e. The van der Waals surface area contributed by atoms with Crippen molar-refractivity contribution < 1.29 is 9.59 Å². The van der Waals surface area contributed by atoms with Crippen LogP contribution in [0.3, 0.4) is 0 Å². The molecule has 2 aromatic rings. The highest BCUT2D eigenvalue weighted by molar-refractivity contribution is 7.21. The summed E-state index contributed by atoms with van der Waals surface area (Å²) in [6, 6.07) is 0. The summed E-state index contributed by atoms with van der Waals surface area (Å²) >= 11 is 1.21. The van der Waals surface area contributed by atoms with Gasteiger partial charge in [-0.3, -0.25) is 9.59 Å². The van der Waals surface area contributed by atoms with Gasteiger partial charge in [-0.1, -0.05) is 0 Å². The number of carbonyl (C=O) groups excluding carboxylic acids is 2. The standard InChI is InChI=1S/C12H15N5O2S/c1-14-7(18)3-6-17(2)12(19)10-8(13)9-11(20-10)16-5-4-15-9/h4-5H,3,6,13H2,1-2H3,(H,14,18). The van der Waals surface area contributed by atoms with Crippen molar-refractivity contribution in [2.75, 3.05) is 26.4 Å². The second-order valence-electron chi connectivity index (χ2n) is 4.20. The van der Waals surface area contributed by atoms with Gasteiger partial charge in [-0.15, -0.1) is 11.3 Å². The van der Waals surface area contributed by atoms with Crippen molar-refractivity contribution in [1.82, 2.24) is 20.2 Å². The van der Waals surface area contributed by atoms with Crippen molar-refractivity contribution in [2.45, 2.75) is 6.42 Å². The van der Waals surface area contributed by atoms with Gasteiger partial charge in [0.15, 0.2) is 0 Å². The summed E-state index contributed by atoms with van der Waals surface area (Å²) < 4.78 is 0. The second-order valence-corrected chi connectivity index (χ2v) is 5.20. The Morgan fingerprint density at radius 2 is 2.10 bits per heavy atom. The Morgan fingerprint density at radius 3 is 2.75 bits per heavy atom. The van der Waals surface area contributed by atoms with Crippen LogP contribution in [0.1, 0.15) is 16.1 Å². The Bertz CT molecular complexity index is 654. The number of rotatable bonds is 4. The van der Waals surface area contributed by atoms with E-state index >= 15 is 0 Å². The van der Waals surface area contributed by atoms with Crippen LogP contribution in [0.15, 0.2) is 12.4 Å². The highest BCUT2D eigenvalue weighted by Crippen LogP contribution is 2.31. The first-order valence-electron chi connectivity index (χ1n) is 5.99. The average molecular weight is 293 g/mol.